The molecule has 1 aliphatic heterocycles. The van der Waals surface area contributed by atoms with Crippen molar-refractivity contribution in [1.29, 1.82) is 0 Å². The molecule has 0 spiro atoms. The molecule has 13 heteroatoms. The maximum atomic E-state index is 13.4. The third-order valence-corrected chi connectivity index (χ3v) is 17.7. The smallest absolute Gasteiger partial charge is 0.312 e. The lowest BCUT2D eigenvalue weighted by molar-refractivity contribution is -0.334. The molecule has 1 heterocycles. The van der Waals surface area contributed by atoms with E-state index in [1.807, 2.05) is 33.0 Å². The maximum Gasteiger partial charge on any atom is 0.312 e. The summed E-state index contributed by atoms with van der Waals surface area (Å²) in [5, 5.41) is 90.6. The van der Waals surface area contributed by atoms with Crippen molar-refractivity contribution in [2.24, 2.45) is 56.2 Å². The Morgan fingerprint density at radius 1 is 0.900 bits per heavy atom. The zero-order valence-corrected chi connectivity index (χ0v) is 36.6. The number of nitrogens with one attached hydrogen (secondary N) is 1. The van der Waals surface area contributed by atoms with Gasteiger partial charge in [0.1, 0.15) is 23.7 Å². The van der Waals surface area contributed by atoms with Crippen molar-refractivity contribution in [3.63, 3.8) is 0 Å². The predicted molar refractivity (Wildman–Crippen MR) is 222 cm³/mol. The van der Waals surface area contributed by atoms with Crippen LogP contribution in [0.15, 0.2) is 35.9 Å². The summed E-state index contributed by atoms with van der Waals surface area (Å²) in [4.78, 5) is 13.4. The zero-order valence-electron chi connectivity index (χ0n) is 36.6. The summed E-state index contributed by atoms with van der Waals surface area (Å²) in [7, 11) is 1.90. The molecular formula is C47H73NO12. The van der Waals surface area contributed by atoms with E-state index in [-0.39, 0.29) is 62.6 Å². The van der Waals surface area contributed by atoms with Crippen LogP contribution >= 0.6 is 0 Å². The fourth-order valence-electron chi connectivity index (χ4n) is 14.5. The van der Waals surface area contributed by atoms with Crippen LogP contribution in [-0.2, 0) is 32.2 Å². The highest BCUT2D eigenvalue weighted by molar-refractivity contribution is 5.77. The first-order chi connectivity index (χ1) is 28.3. The van der Waals surface area contributed by atoms with Crippen LogP contribution in [-0.4, -0.2) is 123 Å². The molecule has 0 radical (unpaired) electrons. The van der Waals surface area contributed by atoms with E-state index in [2.05, 4.69) is 44.3 Å². The van der Waals surface area contributed by atoms with Gasteiger partial charge >= 0.3 is 5.97 Å². The average molecular weight is 844 g/mol. The van der Waals surface area contributed by atoms with Crippen LogP contribution in [0, 0.1) is 56.2 Å². The Balaban J connectivity index is 1.33. The largest absolute Gasteiger partial charge is 0.481 e. The van der Waals surface area contributed by atoms with Crippen LogP contribution in [0.25, 0.3) is 0 Å². The van der Waals surface area contributed by atoms with E-state index >= 15 is 0 Å². The number of allylic oxidation sites excluding steroid dienone is 2. The van der Waals surface area contributed by atoms with Crippen LogP contribution in [0.2, 0.25) is 0 Å². The van der Waals surface area contributed by atoms with Gasteiger partial charge in [-0.15, -0.1) is 0 Å². The summed E-state index contributed by atoms with van der Waals surface area (Å²) < 4.78 is 19.5. The summed E-state index contributed by atoms with van der Waals surface area (Å²) >= 11 is 0. The number of carboxylic acids is 1. The van der Waals surface area contributed by atoms with Gasteiger partial charge in [0.2, 0.25) is 0 Å². The van der Waals surface area contributed by atoms with Gasteiger partial charge in [0.05, 0.1) is 38.1 Å². The van der Waals surface area contributed by atoms with E-state index in [9.17, 15) is 45.6 Å². The zero-order chi connectivity index (χ0) is 43.6. The number of carbonyl (C=O) groups is 1. The number of hydrogen-bond acceptors (Lipinski definition) is 12. The Hall–Kier alpha value is -2.01. The minimum absolute atomic E-state index is 0.00230. The normalized spacial score (nSPS) is 47.6. The SMILES string of the molecule is CNCc1ccc(CO[C@@H]2C[C@@]3(C)[C@H](CC[C@]4(C)[C@@H]3[C@H](CCCO)C=C3[C@@H]5C[C@@](C)(CO)C[C@@H](O)[C@]5(C(=O)O)CC[C@]34C)[C@](C)(CO)[C@@H]2O[C@@H]2OC[C@@H](O)[C@H](O)[C@H]2O)cc1. The second-order valence-electron chi connectivity index (χ2n) is 21.1. The third-order valence-electron chi connectivity index (χ3n) is 17.7. The highest BCUT2D eigenvalue weighted by Crippen LogP contribution is 2.77. The van der Waals surface area contributed by atoms with Crippen LogP contribution in [0.3, 0.4) is 0 Å². The van der Waals surface area contributed by atoms with Gasteiger partial charge in [-0.05, 0) is 121 Å². The Bertz CT molecular complexity index is 1730. The Morgan fingerprint density at radius 3 is 2.23 bits per heavy atom. The third kappa shape index (κ3) is 7.14. The first-order valence-electron chi connectivity index (χ1n) is 22.4. The molecular weight excluding hydrogens is 771 g/mol. The highest BCUT2D eigenvalue weighted by atomic mass is 16.7. The molecule has 0 amide bonds. The Kier molecular flexibility index (Phi) is 12.9. The van der Waals surface area contributed by atoms with Crippen molar-refractivity contribution in [2.45, 2.75) is 148 Å². The number of aliphatic hydroxyl groups is 7. The number of fused-ring (bicyclic) bond motifs is 7. The summed E-state index contributed by atoms with van der Waals surface area (Å²) in [5.74, 6) is -1.65. The molecule has 60 heavy (non-hydrogen) atoms. The average Bonchev–Trinajstić information content (AvgIpc) is 3.21. The second kappa shape index (κ2) is 16.8. The van der Waals surface area contributed by atoms with Crippen molar-refractivity contribution < 1.29 is 59.9 Å². The van der Waals surface area contributed by atoms with Crippen LogP contribution in [0.4, 0.5) is 0 Å². The fraction of sp³-hybridized carbons (Fsp3) is 0.809. The molecule has 4 saturated carbocycles. The van der Waals surface area contributed by atoms with Crippen molar-refractivity contribution in [2.75, 3.05) is 33.5 Å². The molecule has 17 atom stereocenters. The molecule has 1 aromatic carbocycles. The highest BCUT2D eigenvalue weighted by Gasteiger charge is 2.73. The molecule has 0 bridgehead atoms. The quantitative estimate of drug-likeness (QED) is 0.103. The molecule has 5 fully saturated rings. The van der Waals surface area contributed by atoms with Crippen LogP contribution in [0.1, 0.15) is 104 Å². The number of ether oxygens (including phenoxy) is 3. The van der Waals surface area contributed by atoms with Crippen molar-refractivity contribution in [3.05, 3.63) is 47.0 Å². The summed E-state index contributed by atoms with van der Waals surface area (Å²) in [5.41, 5.74) is -1.08. The van der Waals surface area contributed by atoms with E-state index in [4.69, 9.17) is 14.2 Å². The lowest BCUT2D eigenvalue weighted by Gasteiger charge is -2.73. The molecule has 1 aromatic rings. The van der Waals surface area contributed by atoms with E-state index in [0.717, 1.165) is 36.1 Å². The summed E-state index contributed by atoms with van der Waals surface area (Å²) in [6.07, 6.45) is -0.921. The van der Waals surface area contributed by atoms with E-state index < -0.39 is 81.9 Å². The Morgan fingerprint density at radius 2 is 1.60 bits per heavy atom. The van der Waals surface area contributed by atoms with Crippen molar-refractivity contribution >= 4 is 5.97 Å². The van der Waals surface area contributed by atoms with Gasteiger partial charge in [-0.25, -0.2) is 0 Å². The number of hydrogen-bond donors (Lipinski definition) is 9. The minimum Gasteiger partial charge on any atom is -0.481 e. The standard InChI is InChI=1S/C47H73NO12/c1-42(25-50)19-31-30-18-29(8-7-17-49)38-43(2)20-33(58-23-28-11-9-27(10-12-28)22-48-6)39(60-40-37(55)36(54)32(52)24-59-40)44(3,26-51)34(43)13-14-46(38,5)45(30,4)15-16-47(31,41(56)57)35(53)21-42/h9-12,18,29,31-40,48-55H,7-8,13-17,19-26H2,1-6H3,(H,56,57)/t29-,31+,32-,33-,34+,35-,36+,37-,38-,39-,40+,42-,43+,44+,45-,46-,47+/m1/s1. The second-order valence-corrected chi connectivity index (χ2v) is 21.1. The van der Waals surface area contributed by atoms with Crippen LogP contribution in [0.5, 0.6) is 0 Å². The van der Waals surface area contributed by atoms with Crippen LogP contribution < -0.4 is 5.32 Å². The first kappa shape index (κ1) is 46.0. The number of benzene rings is 1. The van der Waals surface area contributed by atoms with E-state index in [0.29, 0.717) is 38.5 Å². The molecule has 9 N–H and O–H groups in total. The lowest BCUT2D eigenvalue weighted by Crippen LogP contribution is -2.71. The molecule has 7 rings (SSSR count). The number of carboxylic acid groups (broad SMARTS) is 1. The van der Waals surface area contributed by atoms with Crippen molar-refractivity contribution in [3.8, 4) is 0 Å². The molecule has 13 nitrogen and oxygen atoms in total. The van der Waals surface area contributed by atoms with Gasteiger partial charge in [-0.3, -0.25) is 4.79 Å². The molecule has 0 unspecified atom stereocenters. The number of aliphatic hydroxyl groups excluding tert-OH is 7. The molecule has 6 aliphatic rings. The van der Waals surface area contributed by atoms with Gasteiger partial charge in [0.25, 0.3) is 0 Å². The fourth-order valence-corrected chi connectivity index (χ4v) is 14.5. The minimum atomic E-state index is -1.53. The maximum absolute atomic E-state index is 13.4. The Labute approximate surface area is 355 Å². The number of aliphatic carboxylic acids is 1. The van der Waals surface area contributed by atoms with Crippen molar-refractivity contribution in [1.82, 2.24) is 5.32 Å². The first-order valence-corrected chi connectivity index (χ1v) is 22.4. The lowest BCUT2D eigenvalue weighted by atomic mass is 9.31. The monoisotopic (exact) mass is 844 g/mol. The molecule has 0 aromatic heterocycles. The van der Waals surface area contributed by atoms with Gasteiger partial charge in [-0.1, -0.05) is 70.5 Å². The predicted octanol–water partition coefficient (Wildman–Crippen LogP) is 3.53. The molecule has 338 valence electrons. The van der Waals surface area contributed by atoms with E-state index in [1.165, 1.54) is 0 Å². The molecule has 1 saturated heterocycles. The van der Waals surface area contributed by atoms with Gasteiger partial charge in [-0.2, -0.15) is 0 Å². The van der Waals surface area contributed by atoms with E-state index in [1.54, 1.807) is 0 Å². The van der Waals surface area contributed by atoms with Gasteiger partial charge in [0, 0.05) is 25.2 Å². The summed E-state index contributed by atoms with van der Waals surface area (Å²) in [6.45, 7) is 11.3. The number of rotatable bonds is 13. The topological polar surface area (TPSA) is 219 Å². The summed E-state index contributed by atoms with van der Waals surface area (Å²) in [6, 6.07) is 8.18. The van der Waals surface area contributed by atoms with Gasteiger partial charge < -0.3 is 60.4 Å². The van der Waals surface area contributed by atoms with Gasteiger partial charge in [0.15, 0.2) is 6.29 Å². The molecule has 5 aliphatic carbocycles.